The van der Waals surface area contributed by atoms with Crippen LogP contribution in [-0.2, 0) is 6.54 Å². The molecule has 11 heteroatoms. The standard InChI is InChI=1S/C28H34ClN7O2S/c1-19(21-6-4-5-7-22(21)29)38-25-15-26(39-27(25)28(30)37)36-18-32-23-16-31-20(14-24(23)36)17-35-12-10-34(11-13-35)9-8-33(2)3/h4-7,14-16,18-19H,8-13,17H2,1-3H3,(H2,30,37)/t19-/m1/s1. The summed E-state index contributed by atoms with van der Waals surface area (Å²) in [6.45, 7) is 9.02. The third-order valence-corrected chi connectivity index (χ3v) is 8.47. The zero-order chi connectivity index (χ0) is 27.5. The summed E-state index contributed by atoms with van der Waals surface area (Å²) in [6.07, 6.45) is 3.20. The Balaban J connectivity index is 1.34. The molecule has 1 aliphatic rings. The molecule has 4 heterocycles. The zero-order valence-electron chi connectivity index (χ0n) is 22.5. The van der Waals surface area contributed by atoms with Gasteiger partial charge in [0.2, 0.25) is 0 Å². The maximum Gasteiger partial charge on any atom is 0.262 e. The highest BCUT2D eigenvalue weighted by atomic mass is 35.5. The number of pyridine rings is 1. The van der Waals surface area contributed by atoms with E-state index in [1.54, 1.807) is 6.33 Å². The first-order valence-corrected chi connectivity index (χ1v) is 14.2. The van der Waals surface area contributed by atoms with E-state index >= 15 is 0 Å². The van der Waals surface area contributed by atoms with Gasteiger partial charge >= 0.3 is 0 Å². The van der Waals surface area contributed by atoms with Crippen molar-refractivity contribution in [2.24, 2.45) is 5.73 Å². The number of hydrogen-bond donors (Lipinski definition) is 1. The number of likely N-dealkylation sites (N-methyl/N-ethyl adjacent to an activating group) is 1. The smallest absolute Gasteiger partial charge is 0.262 e. The van der Waals surface area contributed by atoms with E-state index in [-0.39, 0.29) is 6.10 Å². The summed E-state index contributed by atoms with van der Waals surface area (Å²) in [6, 6.07) is 11.4. The van der Waals surface area contributed by atoms with Gasteiger partial charge in [0, 0.05) is 62.5 Å². The van der Waals surface area contributed by atoms with Crippen LogP contribution in [0.4, 0.5) is 0 Å². The fraction of sp³-hybridized carbons (Fsp3) is 0.393. The molecule has 0 aliphatic carbocycles. The van der Waals surface area contributed by atoms with Crippen molar-refractivity contribution in [2.75, 3.05) is 53.4 Å². The molecule has 1 saturated heterocycles. The molecule has 0 spiro atoms. The molecule has 3 aromatic heterocycles. The van der Waals surface area contributed by atoms with Gasteiger partial charge in [-0.15, -0.1) is 11.3 Å². The second-order valence-electron chi connectivity index (χ2n) is 10.1. The van der Waals surface area contributed by atoms with E-state index < -0.39 is 5.91 Å². The van der Waals surface area contributed by atoms with Crippen molar-refractivity contribution >= 4 is 39.9 Å². The number of fused-ring (bicyclic) bond motifs is 1. The van der Waals surface area contributed by atoms with E-state index in [2.05, 4.69) is 44.8 Å². The number of nitrogens with two attached hydrogens (primary N) is 1. The summed E-state index contributed by atoms with van der Waals surface area (Å²) in [7, 11) is 4.23. The number of benzene rings is 1. The highest BCUT2D eigenvalue weighted by Gasteiger charge is 2.22. The Labute approximate surface area is 237 Å². The van der Waals surface area contributed by atoms with Crippen molar-refractivity contribution in [3.05, 3.63) is 70.1 Å². The van der Waals surface area contributed by atoms with Crippen LogP contribution in [0.1, 0.15) is 34.0 Å². The van der Waals surface area contributed by atoms with Gasteiger partial charge in [-0.25, -0.2) is 4.98 Å². The van der Waals surface area contributed by atoms with Gasteiger partial charge in [-0.05, 0) is 33.2 Å². The van der Waals surface area contributed by atoms with Crippen molar-refractivity contribution in [3.63, 3.8) is 0 Å². The van der Waals surface area contributed by atoms with E-state index in [0.29, 0.717) is 15.6 Å². The summed E-state index contributed by atoms with van der Waals surface area (Å²) in [5.74, 6) is -0.109. The molecule has 206 valence electrons. The number of carbonyl (C=O) groups is 1. The fourth-order valence-corrected chi connectivity index (χ4v) is 5.97. The molecule has 39 heavy (non-hydrogen) atoms. The second-order valence-corrected chi connectivity index (χ2v) is 11.6. The lowest BCUT2D eigenvalue weighted by atomic mass is 10.1. The van der Waals surface area contributed by atoms with Crippen molar-refractivity contribution in [3.8, 4) is 10.8 Å². The van der Waals surface area contributed by atoms with E-state index in [1.807, 2.05) is 48.0 Å². The Morgan fingerprint density at radius 3 is 2.62 bits per heavy atom. The van der Waals surface area contributed by atoms with Gasteiger partial charge in [0.05, 0.1) is 17.4 Å². The normalized spacial score (nSPS) is 15.7. The maximum atomic E-state index is 12.3. The predicted octanol–water partition coefficient (Wildman–Crippen LogP) is 4.05. The molecule has 1 amide bonds. The van der Waals surface area contributed by atoms with Crippen LogP contribution in [0.15, 0.2) is 48.9 Å². The lowest BCUT2D eigenvalue weighted by Crippen LogP contribution is -2.47. The van der Waals surface area contributed by atoms with Crippen LogP contribution >= 0.6 is 22.9 Å². The Bertz CT molecular complexity index is 1440. The minimum Gasteiger partial charge on any atom is -0.484 e. The van der Waals surface area contributed by atoms with Gasteiger partial charge in [-0.3, -0.25) is 24.1 Å². The van der Waals surface area contributed by atoms with Crippen molar-refractivity contribution in [2.45, 2.75) is 19.6 Å². The molecule has 9 nitrogen and oxygen atoms in total. The Morgan fingerprint density at radius 2 is 1.90 bits per heavy atom. The van der Waals surface area contributed by atoms with Gasteiger partial charge in [0.15, 0.2) is 0 Å². The number of halogens is 1. The molecule has 1 atom stereocenters. The highest BCUT2D eigenvalue weighted by molar-refractivity contribution is 7.16. The van der Waals surface area contributed by atoms with Crippen LogP contribution in [0.3, 0.4) is 0 Å². The van der Waals surface area contributed by atoms with Crippen LogP contribution in [0, 0.1) is 0 Å². The summed E-state index contributed by atoms with van der Waals surface area (Å²) in [5, 5.41) is 1.40. The average molecular weight is 568 g/mol. The lowest BCUT2D eigenvalue weighted by Gasteiger charge is -2.35. The molecule has 1 fully saturated rings. The molecule has 2 N–H and O–H groups in total. The van der Waals surface area contributed by atoms with Gasteiger partial charge in [-0.1, -0.05) is 29.8 Å². The first kappa shape index (κ1) is 27.5. The van der Waals surface area contributed by atoms with Gasteiger partial charge in [0.1, 0.15) is 33.6 Å². The Morgan fingerprint density at radius 1 is 1.15 bits per heavy atom. The Hall–Kier alpha value is -3.02. The number of nitrogens with zero attached hydrogens (tertiary/aromatic N) is 6. The van der Waals surface area contributed by atoms with Crippen LogP contribution in [0.25, 0.3) is 16.0 Å². The Kier molecular flexibility index (Phi) is 8.49. The molecule has 1 aliphatic heterocycles. The first-order valence-electron chi connectivity index (χ1n) is 13.0. The quantitative estimate of drug-likeness (QED) is 0.309. The number of piperazine rings is 1. The van der Waals surface area contributed by atoms with Crippen LogP contribution < -0.4 is 10.5 Å². The first-order chi connectivity index (χ1) is 18.8. The summed E-state index contributed by atoms with van der Waals surface area (Å²) >= 11 is 7.64. The van der Waals surface area contributed by atoms with Crippen molar-refractivity contribution < 1.29 is 9.53 Å². The number of imidazole rings is 1. The van der Waals surface area contributed by atoms with E-state index in [0.717, 1.165) is 73.1 Å². The summed E-state index contributed by atoms with van der Waals surface area (Å²) in [4.78, 5) is 29.1. The number of hydrogen-bond acceptors (Lipinski definition) is 8. The molecule has 0 bridgehead atoms. The third kappa shape index (κ3) is 6.42. The molecule has 1 aromatic carbocycles. The average Bonchev–Trinajstić information content (AvgIpc) is 3.52. The monoisotopic (exact) mass is 567 g/mol. The number of carbonyl (C=O) groups excluding carboxylic acids is 1. The number of ether oxygens (including phenoxy) is 1. The molecule has 4 aromatic rings. The number of aromatic nitrogens is 3. The fourth-order valence-electron chi connectivity index (χ4n) is 4.76. The summed E-state index contributed by atoms with van der Waals surface area (Å²) in [5.41, 5.74) is 9.26. The van der Waals surface area contributed by atoms with Crippen LogP contribution in [0.2, 0.25) is 5.02 Å². The van der Waals surface area contributed by atoms with E-state index in [4.69, 9.17) is 22.1 Å². The van der Waals surface area contributed by atoms with E-state index in [9.17, 15) is 4.79 Å². The van der Waals surface area contributed by atoms with E-state index in [1.165, 1.54) is 11.3 Å². The number of amides is 1. The van der Waals surface area contributed by atoms with Crippen molar-refractivity contribution in [1.82, 2.24) is 29.2 Å². The third-order valence-electron chi connectivity index (χ3n) is 7.00. The van der Waals surface area contributed by atoms with Crippen LogP contribution in [-0.4, -0.2) is 88.5 Å². The number of rotatable bonds is 10. The second kappa shape index (κ2) is 12.0. The summed E-state index contributed by atoms with van der Waals surface area (Å²) < 4.78 is 8.16. The topological polar surface area (TPSA) is 92.8 Å². The predicted molar refractivity (Wildman–Crippen MR) is 156 cm³/mol. The number of primary amides is 1. The van der Waals surface area contributed by atoms with Crippen LogP contribution in [0.5, 0.6) is 5.75 Å². The van der Waals surface area contributed by atoms with Gasteiger partial charge < -0.3 is 15.4 Å². The SMILES string of the molecule is C[C@@H](Oc1cc(-n2cnc3cnc(CN4CCN(CCN(C)C)CC4)cc32)sc1C(N)=O)c1ccccc1Cl. The van der Waals surface area contributed by atoms with Crippen molar-refractivity contribution in [1.29, 1.82) is 0 Å². The number of thiophene rings is 1. The molecule has 0 unspecified atom stereocenters. The van der Waals surface area contributed by atoms with Gasteiger partial charge in [0.25, 0.3) is 5.91 Å². The molecular formula is C28H34ClN7O2S. The molecule has 0 saturated carbocycles. The van der Waals surface area contributed by atoms with Gasteiger partial charge in [-0.2, -0.15) is 0 Å². The largest absolute Gasteiger partial charge is 0.484 e. The zero-order valence-corrected chi connectivity index (χ0v) is 24.1. The molecule has 5 rings (SSSR count). The highest BCUT2D eigenvalue weighted by Crippen LogP contribution is 2.37. The molecule has 0 radical (unpaired) electrons. The minimum atomic E-state index is -0.538. The lowest BCUT2D eigenvalue weighted by molar-refractivity contribution is 0.0998. The minimum absolute atomic E-state index is 0.354. The maximum absolute atomic E-state index is 12.3. The molecular weight excluding hydrogens is 534 g/mol.